The number of aliphatic hydroxyl groups is 1. The minimum absolute atomic E-state index is 0.0650. The van der Waals surface area contributed by atoms with Gasteiger partial charge in [0.2, 0.25) is 0 Å². The molecule has 0 radical (unpaired) electrons. The number of aliphatic hydroxyl groups excluding tert-OH is 1. The lowest BCUT2D eigenvalue weighted by molar-refractivity contribution is 0.105. The molecular weight excluding hydrogens is 262 g/mol. The summed E-state index contributed by atoms with van der Waals surface area (Å²) in [5.74, 6) is 0.369. The average molecular weight is 287 g/mol. The summed E-state index contributed by atoms with van der Waals surface area (Å²) in [6.07, 6.45) is 6.14. The van der Waals surface area contributed by atoms with Gasteiger partial charge in [-0.1, -0.05) is 44.2 Å². The Bertz CT molecular complexity index is 496. The smallest absolute Gasteiger partial charge is 0.0945 e. The second-order valence-electron chi connectivity index (χ2n) is 5.73. The Hall–Kier alpha value is -1.65. The molecule has 1 aromatic carbocycles. The number of nitrogens with zero attached hydrogens (tertiary/aromatic N) is 2. The van der Waals surface area contributed by atoms with E-state index in [0.717, 1.165) is 25.1 Å². The summed E-state index contributed by atoms with van der Waals surface area (Å²) in [6, 6.07) is 9.93. The number of benzene rings is 1. The predicted molar refractivity (Wildman–Crippen MR) is 84.9 cm³/mol. The third-order valence-electron chi connectivity index (χ3n) is 3.73. The Labute approximate surface area is 126 Å². The molecule has 2 aromatic rings. The van der Waals surface area contributed by atoms with E-state index in [1.807, 2.05) is 42.9 Å². The van der Waals surface area contributed by atoms with Gasteiger partial charge in [-0.2, -0.15) is 0 Å². The summed E-state index contributed by atoms with van der Waals surface area (Å²) >= 11 is 0. The molecule has 0 fully saturated rings. The van der Waals surface area contributed by atoms with Gasteiger partial charge in [-0.15, -0.1) is 0 Å². The molecule has 0 aliphatic carbocycles. The lowest BCUT2D eigenvalue weighted by atomic mass is 9.93. The van der Waals surface area contributed by atoms with E-state index in [2.05, 4.69) is 28.7 Å². The summed E-state index contributed by atoms with van der Waals surface area (Å²) in [7, 11) is 0. The van der Waals surface area contributed by atoms with Gasteiger partial charge >= 0.3 is 0 Å². The molecule has 0 bridgehead atoms. The first-order chi connectivity index (χ1) is 10.2. The third-order valence-corrected chi connectivity index (χ3v) is 3.73. The number of imidazole rings is 1. The van der Waals surface area contributed by atoms with Crippen LogP contribution >= 0.6 is 0 Å². The summed E-state index contributed by atoms with van der Waals surface area (Å²) < 4.78 is 2.07. The van der Waals surface area contributed by atoms with Crippen molar-refractivity contribution in [2.45, 2.75) is 39.0 Å². The lowest BCUT2D eigenvalue weighted by Crippen LogP contribution is -2.40. The number of rotatable bonds is 8. The Balaban J connectivity index is 1.84. The maximum absolute atomic E-state index is 10.6. The molecule has 0 aliphatic heterocycles. The fourth-order valence-corrected chi connectivity index (χ4v) is 2.52. The number of aryl methyl sites for hydroxylation is 1. The maximum atomic E-state index is 10.6. The van der Waals surface area contributed by atoms with Crippen LogP contribution in [0.5, 0.6) is 0 Å². The van der Waals surface area contributed by atoms with Gasteiger partial charge in [0.15, 0.2) is 0 Å². The molecule has 4 nitrogen and oxygen atoms in total. The SMILES string of the molecule is CC(C)C(NCCCn1ccnc1)C(O)c1ccccc1. The van der Waals surface area contributed by atoms with Crippen molar-refractivity contribution in [1.82, 2.24) is 14.9 Å². The van der Waals surface area contributed by atoms with Gasteiger partial charge in [-0.05, 0) is 24.4 Å². The molecule has 114 valence electrons. The first-order valence-electron chi connectivity index (χ1n) is 7.60. The van der Waals surface area contributed by atoms with Crippen LogP contribution in [0.25, 0.3) is 0 Å². The van der Waals surface area contributed by atoms with Crippen molar-refractivity contribution in [2.24, 2.45) is 5.92 Å². The topological polar surface area (TPSA) is 50.1 Å². The highest BCUT2D eigenvalue weighted by Crippen LogP contribution is 2.21. The van der Waals surface area contributed by atoms with E-state index in [9.17, 15) is 5.11 Å². The molecule has 0 spiro atoms. The molecule has 1 heterocycles. The van der Waals surface area contributed by atoms with E-state index >= 15 is 0 Å². The van der Waals surface area contributed by atoms with Crippen LogP contribution in [0.4, 0.5) is 0 Å². The molecule has 0 saturated heterocycles. The van der Waals surface area contributed by atoms with Crippen molar-refractivity contribution in [1.29, 1.82) is 0 Å². The van der Waals surface area contributed by atoms with Crippen molar-refractivity contribution in [3.05, 3.63) is 54.6 Å². The third kappa shape index (κ3) is 4.69. The number of hydrogen-bond acceptors (Lipinski definition) is 3. The van der Waals surface area contributed by atoms with E-state index in [0.29, 0.717) is 5.92 Å². The van der Waals surface area contributed by atoms with Gasteiger partial charge in [0.05, 0.1) is 12.4 Å². The monoisotopic (exact) mass is 287 g/mol. The normalized spacial score (nSPS) is 14.3. The zero-order valence-corrected chi connectivity index (χ0v) is 12.8. The predicted octanol–water partition coefficient (Wildman–Crippen LogP) is 2.62. The molecule has 21 heavy (non-hydrogen) atoms. The van der Waals surface area contributed by atoms with Crippen molar-refractivity contribution in [3.8, 4) is 0 Å². The quantitative estimate of drug-likeness (QED) is 0.734. The minimum atomic E-state index is -0.473. The molecule has 2 N–H and O–H groups in total. The summed E-state index contributed by atoms with van der Waals surface area (Å²) in [5, 5.41) is 14.1. The Morgan fingerprint density at radius 3 is 2.62 bits per heavy atom. The van der Waals surface area contributed by atoms with Gasteiger partial charge in [0, 0.05) is 25.0 Å². The molecule has 0 saturated carbocycles. The fraction of sp³-hybridized carbons (Fsp3) is 0.471. The summed E-state index contributed by atoms with van der Waals surface area (Å²) in [5.41, 5.74) is 0.971. The van der Waals surface area contributed by atoms with Crippen LogP contribution in [0, 0.1) is 5.92 Å². The van der Waals surface area contributed by atoms with Crippen molar-refractivity contribution in [2.75, 3.05) is 6.54 Å². The van der Waals surface area contributed by atoms with Crippen LogP contribution in [-0.4, -0.2) is 27.2 Å². The molecule has 2 unspecified atom stereocenters. The van der Waals surface area contributed by atoms with Gasteiger partial charge in [-0.3, -0.25) is 0 Å². The zero-order valence-electron chi connectivity index (χ0n) is 12.8. The molecule has 2 rings (SSSR count). The van der Waals surface area contributed by atoms with Crippen LogP contribution < -0.4 is 5.32 Å². The lowest BCUT2D eigenvalue weighted by Gasteiger charge is -2.28. The van der Waals surface area contributed by atoms with Crippen molar-refractivity contribution < 1.29 is 5.11 Å². The van der Waals surface area contributed by atoms with Crippen LogP contribution in [0.3, 0.4) is 0 Å². The Morgan fingerprint density at radius 1 is 1.24 bits per heavy atom. The highest BCUT2D eigenvalue weighted by Gasteiger charge is 2.23. The van der Waals surface area contributed by atoms with Crippen molar-refractivity contribution in [3.63, 3.8) is 0 Å². The number of hydrogen-bond donors (Lipinski definition) is 2. The maximum Gasteiger partial charge on any atom is 0.0945 e. The largest absolute Gasteiger partial charge is 0.387 e. The molecule has 4 heteroatoms. The van der Waals surface area contributed by atoms with Gasteiger partial charge in [-0.25, -0.2) is 4.98 Å². The second-order valence-corrected chi connectivity index (χ2v) is 5.73. The highest BCUT2D eigenvalue weighted by atomic mass is 16.3. The van der Waals surface area contributed by atoms with Crippen LogP contribution in [-0.2, 0) is 6.54 Å². The average Bonchev–Trinajstić information content (AvgIpc) is 3.00. The minimum Gasteiger partial charge on any atom is -0.387 e. The van der Waals surface area contributed by atoms with Crippen LogP contribution in [0.15, 0.2) is 49.1 Å². The second kappa shape index (κ2) is 7.96. The Morgan fingerprint density at radius 2 is 2.00 bits per heavy atom. The van der Waals surface area contributed by atoms with E-state index in [4.69, 9.17) is 0 Å². The number of aromatic nitrogens is 2. The summed E-state index contributed by atoms with van der Waals surface area (Å²) in [6.45, 7) is 6.10. The van der Waals surface area contributed by atoms with Crippen LogP contribution in [0.1, 0.15) is 31.9 Å². The molecule has 0 aliphatic rings. The molecule has 1 aromatic heterocycles. The van der Waals surface area contributed by atoms with E-state index in [1.54, 1.807) is 6.20 Å². The first kappa shape index (κ1) is 15.7. The van der Waals surface area contributed by atoms with E-state index in [1.165, 1.54) is 0 Å². The Kier molecular flexibility index (Phi) is 5.96. The van der Waals surface area contributed by atoms with Gasteiger partial charge in [0.1, 0.15) is 0 Å². The van der Waals surface area contributed by atoms with Gasteiger partial charge < -0.3 is 15.0 Å². The van der Waals surface area contributed by atoms with E-state index in [-0.39, 0.29) is 6.04 Å². The molecular formula is C17H25N3O. The number of nitrogens with one attached hydrogen (secondary N) is 1. The standard InChI is InChI=1S/C17H25N3O/c1-14(2)16(17(21)15-7-4-3-5-8-15)19-9-6-11-20-12-10-18-13-20/h3-5,7-8,10,12-14,16-17,19,21H,6,9,11H2,1-2H3. The molecule has 2 atom stereocenters. The van der Waals surface area contributed by atoms with Crippen LogP contribution in [0.2, 0.25) is 0 Å². The molecule has 0 amide bonds. The van der Waals surface area contributed by atoms with Gasteiger partial charge in [0.25, 0.3) is 0 Å². The zero-order chi connectivity index (χ0) is 15.1. The van der Waals surface area contributed by atoms with E-state index < -0.39 is 6.10 Å². The first-order valence-corrected chi connectivity index (χ1v) is 7.60. The summed E-state index contributed by atoms with van der Waals surface area (Å²) in [4.78, 5) is 4.03. The highest BCUT2D eigenvalue weighted by molar-refractivity contribution is 5.19. The fourth-order valence-electron chi connectivity index (χ4n) is 2.52. The van der Waals surface area contributed by atoms with Crippen molar-refractivity contribution >= 4 is 0 Å².